The molecule has 0 spiro atoms. The highest BCUT2D eigenvalue weighted by atomic mass is 17.1. The molecule has 3 aromatic rings. The van der Waals surface area contributed by atoms with Crippen molar-refractivity contribution in [2.45, 2.75) is 12.8 Å². The van der Waals surface area contributed by atoms with Crippen molar-refractivity contribution in [2.24, 2.45) is 0 Å². The first-order valence-corrected chi connectivity index (χ1v) is 7.06. The highest BCUT2D eigenvalue weighted by Gasteiger charge is 2.13. The molecule has 1 aromatic heterocycles. The van der Waals surface area contributed by atoms with Crippen LogP contribution < -0.4 is 0 Å². The summed E-state index contributed by atoms with van der Waals surface area (Å²) in [4.78, 5) is 19.6. The van der Waals surface area contributed by atoms with E-state index in [9.17, 15) is 4.79 Å². The Bertz CT molecular complexity index is 800. The summed E-state index contributed by atoms with van der Waals surface area (Å²) in [5.74, 6) is -0.841. The van der Waals surface area contributed by atoms with Crippen molar-refractivity contribution in [3.05, 3.63) is 77.5 Å². The van der Waals surface area contributed by atoms with E-state index < -0.39 is 5.97 Å². The number of aryl methyl sites for hydroxylation is 2. The number of carbonyl (C=O) groups excluding carboxylic acids is 1. The van der Waals surface area contributed by atoms with Gasteiger partial charge in [0.25, 0.3) is 0 Å². The lowest BCUT2D eigenvalue weighted by molar-refractivity contribution is -0.183. The van der Waals surface area contributed by atoms with Crippen LogP contribution in [0.2, 0.25) is 0 Å². The summed E-state index contributed by atoms with van der Waals surface area (Å²) in [6.07, 6.45) is 1.64. The SMILES string of the molecule is O=C(OO)c1cc(CCc2ccccc2)c2ccccc2n1. The summed E-state index contributed by atoms with van der Waals surface area (Å²) in [7, 11) is 0. The summed E-state index contributed by atoms with van der Waals surface area (Å²) >= 11 is 0. The van der Waals surface area contributed by atoms with Gasteiger partial charge < -0.3 is 0 Å². The van der Waals surface area contributed by atoms with Crippen LogP contribution in [-0.2, 0) is 17.7 Å². The van der Waals surface area contributed by atoms with E-state index in [1.807, 2.05) is 42.5 Å². The summed E-state index contributed by atoms with van der Waals surface area (Å²) in [5.41, 5.74) is 3.07. The molecule has 0 aliphatic heterocycles. The predicted octanol–water partition coefficient (Wildman–Crippen LogP) is 3.65. The van der Waals surface area contributed by atoms with Crippen molar-refractivity contribution in [1.82, 2.24) is 4.98 Å². The van der Waals surface area contributed by atoms with Gasteiger partial charge in [-0.3, -0.25) is 4.89 Å². The monoisotopic (exact) mass is 293 g/mol. The maximum atomic E-state index is 11.5. The minimum Gasteiger partial charge on any atom is -0.294 e. The largest absolute Gasteiger partial charge is 0.390 e. The Labute approximate surface area is 127 Å². The molecule has 0 unspecified atom stereocenters. The van der Waals surface area contributed by atoms with Gasteiger partial charge in [-0.05, 0) is 36.1 Å². The topological polar surface area (TPSA) is 59.4 Å². The van der Waals surface area contributed by atoms with Crippen molar-refractivity contribution in [1.29, 1.82) is 0 Å². The molecule has 0 saturated heterocycles. The van der Waals surface area contributed by atoms with E-state index in [4.69, 9.17) is 5.26 Å². The van der Waals surface area contributed by atoms with Crippen molar-refractivity contribution >= 4 is 16.9 Å². The van der Waals surface area contributed by atoms with E-state index in [2.05, 4.69) is 22.0 Å². The van der Waals surface area contributed by atoms with Crippen LogP contribution in [0, 0.1) is 0 Å². The van der Waals surface area contributed by atoms with Crippen LogP contribution >= 0.6 is 0 Å². The van der Waals surface area contributed by atoms with Crippen molar-refractivity contribution in [3.63, 3.8) is 0 Å². The standard InChI is InChI=1S/C18H15NO3/c20-18(22-21)17-12-14(11-10-13-6-2-1-3-7-13)15-8-4-5-9-16(15)19-17/h1-9,12,21H,10-11H2. The lowest BCUT2D eigenvalue weighted by Crippen LogP contribution is -2.06. The molecule has 0 aliphatic carbocycles. The summed E-state index contributed by atoms with van der Waals surface area (Å²) in [5, 5.41) is 9.58. The quantitative estimate of drug-likeness (QED) is 0.589. The van der Waals surface area contributed by atoms with E-state index in [1.165, 1.54) is 5.56 Å². The Hall–Kier alpha value is -2.72. The Morgan fingerprint density at radius 3 is 2.50 bits per heavy atom. The predicted molar refractivity (Wildman–Crippen MR) is 83.6 cm³/mol. The number of pyridine rings is 1. The number of para-hydroxylation sites is 1. The Kier molecular flexibility index (Phi) is 4.12. The second kappa shape index (κ2) is 6.37. The molecule has 1 heterocycles. The minimum atomic E-state index is -0.841. The highest BCUT2D eigenvalue weighted by molar-refractivity contribution is 5.92. The number of fused-ring (bicyclic) bond motifs is 1. The molecule has 110 valence electrons. The van der Waals surface area contributed by atoms with Gasteiger partial charge in [-0.25, -0.2) is 9.78 Å². The van der Waals surface area contributed by atoms with E-state index in [0.29, 0.717) is 5.52 Å². The summed E-state index contributed by atoms with van der Waals surface area (Å²) in [6, 6.07) is 19.5. The zero-order valence-corrected chi connectivity index (χ0v) is 11.9. The smallest absolute Gasteiger partial charge is 0.294 e. The molecule has 2 aromatic carbocycles. The fourth-order valence-corrected chi connectivity index (χ4v) is 2.53. The Balaban J connectivity index is 1.97. The molecule has 0 bridgehead atoms. The molecule has 3 rings (SSSR count). The van der Waals surface area contributed by atoms with E-state index in [-0.39, 0.29) is 5.69 Å². The van der Waals surface area contributed by atoms with Crippen LogP contribution in [0.1, 0.15) is 21.6 Å². The molecule has 0 radical (unpaired) electrons. The van der Waals surface area contributed by atoms with Gasteiger partial charge in [0, 0.05) is 5.39 Å². The maximum Gasteiger partial charge on any atom is 0.390 e. The minimum absolute atomic E-state index is 0.115. The van der Waals surface area contributed by atoms with Gasteiger partial charge in [0.2, 0.25) is 0 Å². The van der Waals surface area contributed by atoms with E-state index in [0.717, 1.165) is 23.8 Å². The first-order chi connectivity index (χ1) is 10.8. The van der Waals surface area contributed by atoms with Crippen LogP contribution in [0.3, 0.4) is 0 Å². The van der Waals surface area contributed by atoms with Gasteiger partial charge in [0.1, 0.15) is 0 Å². The fraction of sp³-hybridized carbons (Fsp3) is 0.111. The second-order valence-electron chi connectivity index (χ2n) is 5.05. The third kappa shape index (κ3) is 2.97. The number of aromatic nitrogens is 1. The van der Waals surface area contributed by atoms with Crippen LogP contribution in [-0.4, -0.2) is 16.2 Å². The number of carbonyl (C=O) groups is 1. The van der Waals surface area contributed by atoms with Gasteiger partial charge in [0.15, 0.2) is 5.69 Å². The zero-order valence-electron chi connectivity index (χ0n) is 11.9. The molecule has 0 amide bonds. The van der Waals surface area contributed by atoms with Crippen molar-refractivity contribution < 1.29 is 14.9 Å². The number of hydrogen-bond acceptors (Lipinski definition) is 4. The third-order valence-corrected chi connectivity index (χ3v) is 3.62. The van der Waals surface area contributed by atoms with Crippen LogP contribution in [0.4, 0.5) is 0 Å². The molecule has 4 heteroatoms. The van der Waals surface area contributed by atoms with Crippen LogP contribution in [0.25, 0.3) is 10.9 Å². The first-order valence-electron chi connectivity index (χ1n) is 7.06. The molecular weight excluding hydrogens is 278 g/mol. The molecule has 0 saturated carbocycles. The van der Waals surface area contributed by atoms with Crippen molar-refractivity contribution in [3.8, 4) is 0 Å². The lowest BCUT2D eigenvalue weighted by atomic mass is 10.00. The number of benzene rings is 2. The van der Waals surface area contributed by atoms with Gasteiger partial charge in [-0.2, -0.15) is 5.26 Å². The molecule has 0 atom stereocenters. The van der Waals surface area contributed by atoms with Gasteiger partial charge in [-0.1, -0.05) is 48.5 Å². The molecule has 0 aliphatic rings. The highest BCUT2D eigenvalue weighted by Crippen LogP contribution is 2.20. The van der Waals surface area contributed by atoms with Crippen LogP contribution in [0.15, 0.2) is 60.7 Å². The summed E-state index contributed by atoms with van der Waals surface area (Å²) in [6.45, 7) is 0. The first kappa shape index (κ1) is 14.2. The molecule has 0 fully saturated rings. The second-order valence-corrected chi connectivity index (χ2v) is 5.05. The fourth-order valence-electron chi connectivity index (χ4n) is 2.53. The average Bonchev–Trinajstić information content (AvgIpc) is 2.59. The molecule has 1 N–H and O–H groups in total. The number of rotatable bonds is 4. The zero-order chi connectivity index (χ0) is 15.4. The number of nitrogens with zero attached hydrogens (tertiary/aromatic N) is 1. The molecule has 22 heavy (non-hydrogen) atoms. The summed E-state index contributed by atoms with van der Waals surface area (Å²) < 4.78 is 0. The van der Waals surface area contributed by atoms with E-state index >= 15 is 0 Å². The van der Waals surface area contributed by atoms with Gasteiger partial charge >= 0.3 is 5.97 Å². The third-order valence-electron chi connectivity index (χ3n) is 3.62. The Morgan fingerprint density at radius 1 is 1.00 bits per heavy atom. The van der Waals surface area contributed by atoms with Crippen molar-refractivity contribution in [2.75, 3.05) is 0 Å². The average molecular weight is 293 g/mol. The van der Waals surface area contributed by atoms with Gasteiger partial charge in [0.05, 0.1) is 5.52 Å². The normalized spacial score (nSPS) is 10.6. The van der Waals surface area contributed by atoms with Gasteiger partial charge in [-0.15, -0.1) is 0 Å². The molecule has 4 nitrogen and oxygen atoms in total. The maximum absolute atomic E-state index is 11.5. The number of hydrogen-bond donors (Lipinski definition) is 1. The lowest BCUT2D eigenvalue weighted by Gasteiger charge is -2.08. The molecular formula is C18H15NO3. The van der Waals surface area contributed by atoms with E-state index in [1.54, 1.807) is 6.07 Å². The van der Waals surface area contributed by atoms with Crippen LogP contribution in [0.5, 0.6) is 0 Å². The Morgan fingerprint density at radius 2 is 1.73 bits per heavy atom.